The molecular formula is C11H12FN5O2. The molecule has 0 unspecified atom stereocenters. The van der Waals surface area contributed by atoms with Crippen LogP contribution in [0.3, 0.4) is 0 Å². The van der Waals surface area contributed by atoms with Gasteiger partial charge < -0.3 is 11.1 Å². The molecule has 0 spiro atoms. The van der Waals surface area contributed by atoms with E-state index in [1.54, 1.807) is 13.2 Å². The Morgan fingerprint density at radius 3 is 2.89 bits per heavy atom. The Bertz CT molecular complexity index is 626. The van der Waals surface area contributed by atoms with Gasteiger partial charge in [0.1, 0.15) is 11.5 Å². The van der Waals surface area contributed by atoms with E-state index in [0.29, 0.717) is 11.4 Å². The fraction of sp³-hybridized carbons (Fsp3) is 0.182. The van der Waals surface area contributed by atoms with E-state index in [1.807, 2.05) is 0 Å². The van der Waals surface area contributed by atoms with Crippen molar-refractivity contribution in [2.24, 2.45) is 7.05 Å². The summed E-state index contributed by atoms with van der Waals surface area (Å²) in [6.07, 6.45) is 1.55. The van der Waals surface area contributed by atoms with Crippen LogP contribution in [0.4, 0.5) is 21.6 Å². The number of halogens is 1. The van der Waals surface area contributed by atoms with Crippen molar-refractivity contribution in [3.8, 4) is 0 Å². The summed E-state index contributed by atoms with van der Waals surface area (Å²) in [7, 11) is 1.68. The summed E-state index contributed by atoms with van der Waals surface area (Å²) < 4.78 is 14.9. The van der Waals surface area contributed by atoms with Crippen molar-refractivity contribution < 1.29 is 9.31 Å². The predicted molar refractivity (Wildman–Crippen MR) is 68.0 cm³/mol. The fourth-order valence-corrected chi connectivity index (χ4v) is 1.66. The molecule has 7 nitrogen and oxygen atoms in total. The number of nitrogens with zero attached hydrogens (tertiary/aromatic N) is 3. The maximum absolute atomic E-state index is 13.4. The van der Waals surface area contributed by atoms with Crippen LogP contribution < -0.4 is 11.1 Å². The number of nitrogen functional groups attached to an aromatic ring is 1. The molecule has 8 heteroatoms. The topological polar surface area (TPSA) is 99.0 Å². The molecule has 3 N–H and O–H groups in total. The first-order chi connectivity index (χ1) is 9.00. The summed E-state index contributed by atoms with van der Waals surface area (Å²) in [4.78, 5) is 10.0. The van der Waals surface area contributed by atoms with Crippen molar-refractivity contribution in [2.45, 2.75) is 6.54 Å². The normalized spacial score (nSPS) is 10.4. The van der Waals surface area contributed by atoms with E-state index in [-0.39, 0.29) is 12.2 Å². The zero-order valence-electron chi connectivity index (χ0n) is 10.1. The third-order valence-electron chi connectivity index (χ3n) is 2.70. The number of anilines is 2. The SMILES string of the molecule is Cn1ncc(CNc2cccc(F)c2[N+](=O)[O-])c1N. The molecule has 0 bridgehead atoms. The molecule has 0 aliphatic heterocycles. The number of para-hydroxylation sites is 1. The van der Waals surface area contributed by atoms with Crippen LogP contribution in [0.2, 0.25) is 0 Å². The highest BCUT2D eigenvalue weighted by atomic mass is 19.1. The molecule has 0 aliphatic carbocycles. The molecule has 1 heterocycles. The number of nitro benzene ring substituents is 1. The molecule has 0 saturated carbocycles. The molecule has 0 aliphatic rings. The largest absolute Gasteiger partial charge is 0.384 e. The second-order valence-corrected chi connectivity index (χ2v) is 3.93. The molecule has 2 aromatic rings. The number of rotatable bonds is 4. The van der Waals surface area contributed by atoms with Crippen LogP contribution in [0.1, 0.15) is 5.56 Å². The standard InChI is InChI=1S/C11H12FN5O2/c1-16-11(13)7(6-15-16)5-14-9-4-2-3-8(12)10(9)17(18)19/h2-4,6,14H,5,13H2,1H3. The lowest BCUT2D eigenvalue weighted by atomic mass is 10.2. The van der Waals surface area contributed by atoms with Crippen LogP contribution in [0.15, 0.2) is 24.4 Å². The molecule has 0 fully saturated rings. The first-order valence-corrected chi connectivity index (χ1v) is 5.44. The Balaban J connectivity index is 2.23. The smallest absolute Gasteiger partial charge is 0.327 e. The average Bonchev–Trinajstić information content (AvgIpc) is 2.67. The first kappa shape index (κ1) is 12.8. The van der Waals surface area contributed by atoms with Crippen LogP contribution in [0.25, 0.3) is 0 Å². The summed E-state index contributed by atoms with van der Waals surface area (Å²) in [6.45, 7) is 0.226. The second kappa shape index (κ2) is 4.92. The number of nitrogens with two attached hydrogens (primary N) is 1. The Morgan fingerprint density at radius 2 is 2.32 bits per heavy atom. The van der Waals surface area contributed by atoms with Gasteiger partial charge in [-0.15, -0.1) is 0 Å². The van der Waals surface area contributed by atoms with E-state index in [0.717, 1.165) is 6.07 Å². The summed E-state index contributed by atoms with van der Waals surface area (Å²) in [5.74, 6) is -0.430. The van der Waals surface area contributed by atoms with Gasteiger partial charge in [-0.1, -0.05) is 6.07 Å². The number of nitrogens with one attached hydrogen (secondary N) is 1. The minimum atomic E-state index is -0.880. The molecule has 19 heavy (non-hydrogen) atoms. The molecule has 0 saturated heterocycles. The summed E-state index contributed by atoms with van der Waals surface area (Å²) in [5.41, 5.74) is 5.95. The number of hydrogen-bond donors (Lipinski definition) is 2. The number of aryl methyl sites for hydroxylation is 1. The van der Waals surface area contributed by atoms with Crippen LogP contribution >= 0.6 is 0 Å². The Kier molecular flexibility index (Phi) is 3.32. The van der Waals surface area contributed by atoms with Gasteiger partial charge in [0.15, 0.2) is 0 Å². The number of hydrogen-bond acceptors (Lipinski definition) is 5. The lowest BCUT2D eigenvalue weighted by Crippen LogP contribution is -2.06. The van der Waals surface area contributed by atoms with E-state index in [9.17, 15) is 14.5 Å². The number of benzene rings is 1. The highest BCUT2D eigenvalue weighted by molar-refractivity contribution is 5.62. The first-order valence-electron chi connectivity index (χ1n) is 5.44. The van der Waals surface area contributed by atoms with Gasteiger partial charge in [-0.05, 0) is 12.1 Å². The summed E-state index contributed by atoms with van der Waals surface area (Å²) >= 11 is 0. The van der Waals surface area contributed by atoms with Gasteiger partial charge in [0.2, 0.25) is 5.82 Å². The number of nitro groups is 1. The van der Waals surface area contributed by atoms with Crippen LogP contribution in [-0.4, -0.2) is 14.7 Å². The highest BCUT2D eigenvalue weighted by Crippen LogP contribution is 2.27. The average molecular weight is 265 g/mol. The third kappa shape index (κ3) is 2.46. The molecule has 1 aromatic carbocycles. The molecule has 0 radical (unpaired) electrons. The van der Waals surface area contributed by atoms with Gasteiger partial charge in [-0.2, -0.15) is 9.49 Å². The zero-order valence-corrected chi connectivity index (χ0v) is 10.1. The molecule has 1 aromatic heterocycles. The minimum absolute atomic E-state index is 0.105. The Labute approximate surface area is 108 Å². The van der Waals surface area contributed by atoms with E-state index >= 15 is 0 Å². The monoisotopic (exact) mass is 265 g/mol. The molecule has 2 rings (SSSR count). The van der Waals surface area contributed by atoms with Crippen molar-refractivity contribution in [1.82, 2.24) is 9.78 Å². The van der Waals surface area contributed by atoms with Gasteiger partial charge in [-0.3, -0.25) is 14.8 Å². The second-order valence-electron chi connectivity index (χ2n) is 3.93. The van der Waals surface area contributed by atoms with Crippen LogP contribution in [0, 0.1) is 15.9 Å². The fourth-order valence-electron chi connectivity index (χ4n) is 1.66. The highest BCUT2D eigenvalue weighted by Gasteiger charge is 2.19. The Hall–Kier alpha value is -2.64. The van der Waals surface area contributed by atoms with Crippen LogP contribution in [0.5, 0.6) is 0 Å². The number of aromatic nitrogens is 2. The Morgan fingerprint density at radius 1 is 1.58 bits per heavy atom. The lowest BCUT2D eigenvalue weighted by Gasteiger charge is -2.07. The zero-order chi connectivity index (χ0) is 14.0. The van der Waals surface area contributed by atoms with Gasteiger partial charge in [0.25, 0.3) is 0 Å². The van der Waals surface area contributed by atoms with Crippen molar-refractivity contribution in [1.29, 1.82) is 0 Å². The summed E-state index contributed by atoms with van der Waals surface area (Å²) in [5, 5.41) is 17.5. The van der Waals surface area contributed by atoms with E-state index in [1.165, 1.54) is 16.8 Å². The summed E-state index contributed by atoms with van der Waals surface area (Å²) in [6, 6.07) is 3.88. The van der Waals surface area contributed by atoms with Gasteiger partial charge in [0.05, 0.1) is 11.1 Å². The quantitative estimate of drug-likeness (QED) is 0.647. The molecular weight excluding hydrogens is 253 g/mol. The molecule has 0 amide bonds. The van der Waals surface area contributed by atoms with E-state index in [2.05, 4.69) is 10.4 Å². The van der Waals surface area contributed by atoms with Gasteiger partial charge >= 0.3 is 5.69 Å². The third-order valence-corrected chi connectivity index (χ3v) is 2.70. The molecule has 100 valence electrons. The molecule has 0 atom stereocenters. The van der Waals surface area contributed by atoms with Crippen molar-refractivity contribution in [2.75, 3.05) is 11.1 Å². The van der Waals surface area contributed by atoms with Crippen LogP contribution in [-0.2, 0) is 13.6 Å². The van der Waals surface area contributed by atoms with Gasteiger partial charge in [-0.25, -0.2) is 0 Å². The van der Waals surface area contributed by atoms with Crippen molar-refractivity contribution >= 4 is 17.2 Å². The lowest BCUT2D eigenvalue weighted by molar-refractivity contribution is -0.386. The maximum atomic E-state index is 13.4. The van der Waals surface area contributed by atoms with Crippen molar-refractivity contribution in [3.05, 3.63) is 45.9 Å². The maximum Gasteiger partial charge on any atom is 0.327 e. The van der Waals surface area contributed by atoms with E-state index in [4.69, 9.17) is 5.73 Å². The van der Waals surface area contributed by atoms with Crippen molar-refractivity contribution in [3.63, 3.8) is 0 Å². The predicted octanol–water partition coefficient (Wildman–Crippen LogP) is 1.66. The van der Waals surface area contributed by atoms with E-state index < -0.39 is 16.4 Å². The minimum Gasteiger partial charge on any atom is -0.384 e. The van der Waals surface area contributed by atoms with Gasteiger partial charge in [0, 0.05) is 19.2 Å².